The Labute approximate surface area is 124 Å². The first-order valence-electron chi connectivity index (χ1n) is 6.77. The van der Waals surface area contributed by atoms with Crippen LogP contribution < -0.4 is 10.1 Å². The van der Waals surface area contributed by atoms with Crippen molar-refractivity contribution in [1.29, 1.82) is 0 Å². The third-order valence-electron chi connectivity index (χ3n) is 2.72. The predicted molar refractivity (Wildman–Crippen MR) is 82.7 cm³/mol. The van der Waals surface area contributed by atoms with Crippen molar-refractivity contribution in [3.63, 3.8) is 0 Å². The fourth-order valence-corrected chi connectivity index (χ4v) is 1.99. The lowest BCUT2D eigenvalue weighted by Crippen LogP contribution is -2.09. The first-order chi connectivity index (χ1) is 9.13. The molecule has 4 heteroatoms. The van der Waals surface area contributed by atoms with Gasteiger partial charge in [0.25, 0.3) is 0 Å². The van der Waals surface area contributed by atoms with Gasteiger partial charge in [-0.1, -0.05) is 29.8 Å². The van der Waals surface area contributed by atoms with Crippen LogP contribution in [0.15, 0.2) is 22.7 Å². The van der Waals surface area contributed by atoms with Crippen LogP contribution in [0, 0.1) is 5.92 Å². The lowest BCUT2D eigenvalue weighted by Gasteiger charge is -2.10. The lowest BCUT2D eigenvalue weighted by molar-refractivity contribution is 0.0925. The van der Waals surface area contributed by atoms with E-state index in [0.29, 0.717) is 19.1 Å². The van der Waals surface area contributed by atoms with Gasteiger partial charge in [-0.15, -0.1) is 0 Å². The topological polar surface area (TPSA) is 30.5 Å². The van der Waals surface area contributed by atoms with E-state index in [-0.39, 0.29) is 0 Å². The molecule has 0 aliphatic rings. The number of rotatable bonds is 9. The van der Waals surface area contributed by atoms with E-state index in [1.54, 1.807) is 0 Å². The molecule has 0 aromatic heterocycles. The van der Waals surface area contributed by atoms with Crippen molar-refractivity contribution in [3.8, 4) is 5.75 Å². The largest absolute Gasteiger partial charge is 0.491 e. The molecule has 1 aromatic carbocycles. The van der Waals surface area contributed by atoms with E-state index in [1.807, 2.05) is 19.2 Å². The predicted octanol–water partition coefficient (Wildman–Crippen LogP) is 3.61. The van der Waals surface area contributed by atoms with Crippen LogP contribution >= 0.6 is 15.9 Å². The molecular weight excluding hydrogens is 306 g/mol. The fraction of sp³-hybridized carbons (Fsp3) is 0.600. The molecule has 0 spiro atoms. The van der Waals surface area contributed by atoms with Gasteiger partial charge in [-0.25, -0.2) is 0 Å². The molecule has 0 atom stereocenters. The van der Waals surface area contributed by atoms with Crippen LogP contribution in [0.1, 0.15) is 25.8 Å². The van der Waals surface area contributed by atoms with Gasteiger partial charge in [-0.05, 0) is 43.1 Å². The molecule has 0 heterocycles. The monoisotopic (exact) mass is 329 g/mol. The fourth-order valence-electron chi connectivity index (χ4n) is 1.61. The van der Waals surface area contributed by atoms with Crippen LogP contribution in [0.4, 0.5) is 0 Å². The Bertz CT molecular complexity index is 369. The summed E-state index contributed by atoms with van der Waals surface area (Å²) in [7, 11) is 1.93. The molecule has 0 saturated carbocycles. The summed E-state index contributed by atoms with van der Waals surface area (Å²) in [5.74, 6) is 1.58. The van der Waals surface area contributed by atoms with Crippen molar-refractivity contribution in [3.05, 3.63) is 28.2 Å². The van der Waals surface area contributed by atoms with Crippen LogP contribution in [0.3, 0.4) is 0 Å². The molecular formula is C15H24BrNO2. The minimum atomic E-state index is 0.596. The molecule has 1 N–H and O–H groups in total. The molecule has 0 bridgehead atoms. The highest BCUT2D eigenvalue weighted by molar-refractivity contribution is 9.10. The molecule has 0 saturated heterocycles. The molecule has 0 fully saturated rings. The first kappa shape index (κ1) is 16.5. The summed E-state index contributed by atoms with van der Waals surface area (Å²) >= 11 is 3.53. The molecule has 19 heavy (non-hydrogen) atoms. The van der Waals surface area contributed by atoms with Gasteiger partial charge >= 0.3 is 0 Å². The van der Waals surface area contributed by atoms with Gasteiger partial charge < -0.3 is 14.8 Å². The van der Waals surface area contributed by atoms with Gasteiger partial charge in [0.2, 0.25) is 0 Å². The minimum absolute atomic E-state index is 0.596. The van der Waals surface area contributed by atoms with E-state index in [9.17, 15) is 0 Å². The number of halogens is 1. The molecule has 0 aliphatic heterocycles. The molecule has 0 amide bonds. The van der Waals surface area contributed by atoms with Gasteiger partial charge in [0, 0.05) is 17.6 Å². The van der Waals surface area contributed by atoms with E-state index in [1.165, 1.54) is 5.56 Å². The van der Waals surface area contributed by atoms with Crippen molar-refractivity contribution < 1.29 is 9.47 Å². The van der Waals surface area contributed by atoms with Crippen molar-refractivity contribution in [2.24, 2.45) is 5.92 Å². The Morgan fingerprint density at radius 2 is 2.00 bits per heavy atom. The van der Waals surface area contributed by atoms with Crippen molar-refractivity contribution in [2.45, 2.75) is 26.8 Å². The van der Waals surface area contributed by atoms with Crippen LogP contribution in [-0.4, -0.2) is 26.9 Å². The van der Waals surface area contributed by atoms with Crippen LogP contribution in [0.5, 0.6) is 5.75 Å². The highest BCUT2D eigenvalue weighted by Crippen LogP contribution is 2.22. The summed E-state index contributed by atoms with van der Waals surface area (Å²) in [5, 5.41) is 3.14. The second-order valence-corrected chi connectivity index (χ2v) is 5.78. The summed E-state index contributed by atoms with van der Waals surface area (Å²) in [6, 6.07) is 6.04. The molecule has 0 radical (unpaired) electrons. The molecule has 108 valence electrons. The highest BCUT2D eigenvalue weighted by Gasteiger charge is 2.02. The number of ether oxygens (including phenoxy) is 2. The van der Waals surface area contributed by atoms with Crippen LogP contribution in [0.25, 0.3) is 0 Å². The minimum Gasteiger partial charge on any atom is -0.491 e. The van der Waals surface area contributed by atoms with Gasteiger partial charge in [-0.2, -0.15) is 0 Å². The zero-order valence-electron chi connectivity index (χ0n) is 12.0. The molecule has 3 nitrogen and oxygen atoms in total. The van der Waals surface area contributed by atoms with E-state index in [2.05, 4.69) is 41.2 Å². The zero-order valence-corrected chi connectivity index (χ0v) is 13.6. The molecule has 1 rings (SSSR count). The Balaban J connectivity index is 2.27. The molecule has 1 aromatic rings. The summed E-state index contributed by atoms with van der Waals surface area (Å²) in [5.41, 5.74) is 1.20. The zero-order chi connectivity index (χ0) is 14.1. The number of benzene rings is 1. The van der Waals surface area contributed by atoms with Crippen molar-refractivity contribution in [1.82, 2.24) is 5.32 Å². The highest BCUT2D eigenvalue weighted by atomic mass is 79.9. The average Bonchev–Trinajstić information content (AvgIpc) is 2.37. The number of nitrogens with one attached hydrogen (secondary N) is 1. The van der Waals surface area contributed by atoms with Gasteiger partial charge in [-0.3, -0.25) is 0 Å². The Morgan fingerprint density at radius 3 is 2.68 bits per heavy atom. The quantitative estimate of drug-likeness (QED) is 0.702. The summed E-state index contributed by atoms with van der Waals surface area (Å²) in [4.78, 5) is 0. The van der Waals surface area contributed by atoms with Gasteiger partial charge in [0.15, 0.2) is 0 Å². The number of hydrogen-bond donors (Lipinski definition) is 1. The van der Waals surface area contributed by atoms with E-state index in [0.717, 1.165) is 29.8 Å². The Kier molecular flexibility index (Phi) is 8.10. The van der Waals surface area contributed by atoms with Crippen molar-refractivity contribution >= 4 is 15.9 Å². The maximum absolute atomic E-state index is 5.68. The summed E-state index contributed by atoms with van der Waals surface area (Å²) in [6.45, 7) is 7.27. The molecule has 0 aliphatic carbocycles. The second-order valence-electron chi connectivity index (χ2n) is 4.93. The third-order valence-corrected chi connectivity index (χ3v) is 3.49. The van der Waals surface area contributed by atoms with E-state index < -0.39 is 0 Å². The van der Waals surface area contributed by atoms with E-state index >= 15 is 0 Å². The molecule has 0 unspecified atom stereocenters. The second kappa shape index (κ2) is 9.34. The maximum Gasteiger partial charge on any atom is 0.119 e. The SMILES string of the molecule is CNCc1cc(OCCOCCC(C)C)ccc1Br. The summed E-state index contributed by atoms with van der Waals surface area (Å²) in [6.07, 6.45) is 1.10. The smallest absolute Gasteiger partial charge is 0.119 e. The van der Waals surface area contributed by atoms with E-state index in [4.69, 9.17) is 9.47 Å². The lowest BCUT2D eigenvalue weighted by atomic mass is 10.1. The van der Waals surface area contributed by atoms with Gasteiger partial charge in [0.1, 0.15) is 12.4 Å². The first-order valence-corrected chi connectivity index (χ1v) is 7.56. The third kappa shape index (κ3) is 6.95. The van der Waals surface area contributed by atoms with Crippen LogP contribution in [0.2, 0.25) is 0 Å². The summed E-state index contributed by atoms with van der Waals surface area (Å²) < 4.78 is 12.3. The van der Waals surface area contributed by atoms with Crippen LogP contribution in [-0.2, 0) is 11.3 Å². The normalized spacial score (nSPS) is 11.0. The Hall–Kier alpha value is -0.580. The average molecular weight is 330 g/mol. The van der Waals surface area contributed by atoms with Gasteiger partial charge in [0.05, 0.1) is 6.61 Å². The van der Waals surface area contributed by atoms with Crippen molar-refractivity contribution in [2.75, 3.05) is 26.9 Å². The number of hydrogen-bond acceptors (Lipinski definition) is 3. The standard InChI is InChI=1S/C15H24BrNO2/c1-12(2)6-7-18-8-9-19-14-4-5-15(16)13(10-14)11-17-3/h4-5,10,12,17H,6-9,11H2,1-3H3. The Morgan fingerprint density at radius 1 is 1.21 bits per heavy atom. The maximum atomic E-state index is 5.68.